The Bertz CT molecular complexity index is 707. The SMILES string of the molecule is CN(C)c1ccc(NC(=O)CCCOc2ccccc2F)cc1Cl. The second kappa shape index (κ2) is 8.55. The van der Waals surface area contributed by atoms with Crippen LogP contribution in [0.2, 0.25) is 5.02 Å². The molecule has 2 aromatic rings. The Morgan fingerprint density at radius 2 is 2.00 bits per heavy atom. The van der Waals surface area contributed by atoms with Crippen LogP contribution in [0, 0.1) is 5.82 Å². The molecule has 0 spiro atoms. The van der Waals surface area contributed by atoms with Crippen molar-refractivity contribution in [2.75, 3.05) is 30.9 Å². The largest absolute Gasteiger partial charge is 0.491 e. The van der Waals surface area contributed by atoms with Crippen molar-refractivity contribution < 1.29 is 13.9 Å². The van der Waals surface area contributed by atoms with Gasteiger partial charge in [0.05, 0.1) is 17.3 Å². The van der Waals surface area contributed by atoms with Gasteiger partial charge in [0.25, 0.3) is 0 Å². The summed E-state index contributed by atoms with van der Waals surface area (Å²) in [6, 6.07) is 11.6. The molecule has 6 heteroatoms. The van der Waals surface area contributed by atoms with Crippen molar-refractivity contribution in [2.24, 2.45) is 0 Å². The highest BCUT2D eigenvalue weighted by molar-refractivity contribution is 6.33. The zero-order chi connectivity index (χ0) is 17.5. The fourth-order valence-corrected chi connectivity index (χ4v) is 2.50. The molecule has 4 nitrogen and oxygen atoms in total. The van der Waals surface area contributed by atoms with E-state index in [1.165, 1.54) is 6.07 Å². The molecule has 0 atom stereocenters. The maximum Gasteiger partial charge on any atom is 0.224 e. The van der Waals surface area contributed by atoms with Crippen molar-refractivity contribution in [3.63, 3.8) is 0 Å². The van der Waals surface area contributed by atoms with Crippen molar-refractivity contribution >= 4 is 28.9 Å². The quantitative estimate of drug-likeness (QED) is 0.755. The fraction of sp³-hybridized carbons (Fsp3) is 0.278. The third kappa shape index (κ3) is 5.13. The van der Waals surface area contributed by atoms with E-state index in [0.717, 1.165) is 5.69 Å². The Kier molecular flexibility index (Phi) is 6.44. The molecule has 0 aliphatic carbocycles. The predicted molar refractivity (Wildman–Crippen MR) is 95.5 cm³/mol. The first-order valence-electron chi connectivity index (χ1n) is 7.61. The lowest BCUT2D eigenvalue weighted by molar-refractivity contribution is -0.116. The van der Waals surface area contributed by atoms with Crippen LogP contribution in [-0.4, -0.2) is 26.6 Å². The second-order valence-electron chi connectivity index (χ2n) is 5.49. The number of rotatable bonds is 7. The number of carbonyl (C=O) groups excluding carboxylic acids is 1. The number of nitrogens with one attached hydrogen (secondary N) is 1. The summed E-state index contributed by atoms with van der Waals surface area (Å²) in [5.41, 5.74) is 1.53. The lowest BCUT2D eigenvalue weighted by Crippen LogP contribution is -2.14. The summed E-state index contributed by atoms with van der Waals surface area (Å²) in [4.78, 5) is 13.8. The van der Waals surface area contributed by atoms with Gasteiger partial charge in [-0.15, -0.1) is 0 Å². The van der Waals surface area contributed by atoms with E-state index in [9.17, 15) is 9.18 Å². The van der Waals surface area contributed by atoms with Crippen molar-refractivity contribution in [2.45, 2.75) is 12.8 Å². The first-order chi connectivity index (χ1) is 11.5. The van der Waals surface area contributed by atoms with Gasteiger partial charge in [0.15, 0.2) is 11.6 Å². The maximum absolute atomic E-state index is 13.4. The van der Waals surface area contributed by atoms with Crippen LogP contribution >= 0.6 is 11.6 Å². The van der Waals surface area contributed by atoms with Gasteiger partial charge in [-0.1, -0.05) is 23.7 Å². The number of para-hydroxylation sites is 1. The van der Waals surface area contributed by atoms with Crippen LogP contribution < -0.4 is 15.0 Å². The molecule has 2 aromatic carbocycles. The molecule has 0 fully saturated rings. The first kappa shape index (κ1) is 18.1. The van der Waals surface area contributed by atoms with Crippen LogP contribution in [0.3, 0.4) is 0 Å². The number of anilines is 2. The van der Waals surface area contributed by atoms with E-state index < -0.39 is 5.82 Å². The van der Waals surface area contributed by atoms with Crippen molar-refractivity contribution in [3.05, 3.63) is 53.3 Å². The van der Waals surface area contributed by atoms with Gasteiger partial charge < -0.3 is 15.0 Å². The summed E-state index contributed by atoms with van der Waals surface area (Å²) in [6.45, 7) is 0.272. The van der Waals surface area contributed by atoms with Crippen LogP contribution in [-0.2, 0) is 4.79 Å². The van der Waals surface area contributed by atoms with Crippen LogP contribution in [0.25, 0.3) is 0 Å². The number of ether oxygens (including phenoxy) is 1. The molecule has 0 bridgehead atoms. The second-order valence-corrected chi connectivity index (χ2v) is 5.90. The Hall–Kier alpha value is -2.27. The highest BCUT2D eigenvalue weighted by Crippen LogP contribution is 2.27. The summed E-state index contributed by atoms with van der Waals surface area (Å²) in [5.74, 6) is -0.345. The Morgan fingerprint density at radius 1 is 1.25 bits per heavy atom. The van der Waals surface area contributed by atoms with Gasteiger partial charge in [-0.25, -0.2) is 4.39 Å². The molecule has 0 aliphatic rings. The van der Waals surface area contributed by atoms with Gasteiger partial charge in [-0.05, 0) is 36.8 Å². The average molecular weight is 351 g/mol. The molecule has 0 heterocycles. The maximum atomic E-state index is 13.4. The molecular weight excluding hydrogens is 331 g/mol. The molecule has 0 aliphatic heterocycles. The fourth-order valence-electron chi connectivity index (χ4n) is 2.15. The standard InChI is InChI=1S/C18H20ClFN2O2/c1-22(2)16-10-9-13(12-14(16)19)21-18(23)8-5-11-24-17-7-4-3-6-15(17)20/h3-4,6-7,9-10,12H,5,8,11H2,1-2H3,(H,21,23). The Labute approximate surface area is 146 Å². The number of benzene rings is 2. The molecule has 128 valence electrons. The Balaban J connectivity index is 1.77. The number of amides is 1. The van der Waals surface area contributed by atoms with Crippen molar-refractivity contribution in [1.29, 1.82) is 0 Å². The van der Waals surface area contributed by atoms with E-state index in [0.29, 0.717) is 17.1 Å². The van der Waals surface area contributed by atoms with Crippen LogP contribution in [0.5, 0.6) is 5.75 Å². The highest BCUT2D eigenvalue weighted by Gasteiger charge is 2.07. The van der Waals surface area contributed by atoms with Crippen LogP contribution in [0.1, 0.15) is 12.8 Å². The first-order valence-corrected chi connectivity index (χ1v) is 7.99. The summed E-state index contributed by atoms with van der Waals surface area (Å²) >= 11 is 6.17. The van der Waals surface area contributed by atoms with Crippen LogP contribution in [0.4, 0.5) is 15.8 Å². The molecule has 1 amide bonds. The minimum atomic E-state index is -0.405. The number of hydrogen-bond donors (Lipinski definition) is 1. The van der Waals surface area contributed by atoms with Gasteiger partial charge in [0.1, 0.15) is 0 Å². The van der Waals surface area contributed by atoms with E-state index in [2.05, 4.69) is 5.32 Å². The van der Waals surface area contributed by atoms with Gasteiger partial charge in [-0.2, -0.15) is 0 Å². The highest BCUT2D eigenvalue weighted by atomic mass is 35.5. The number of hydrogen-bond acceptors (Lipinski definition) is 3. The minimum Gasteiger partial charge on any atom is -0.491 e. The lowest BCUT2D eigenvalue weighted by Gasteiger charge is -2.15. The summed E-state index contributed by atoms with van der Waals surface area (Å²) in [7, 11) is 3.80. The molecule has 0 saturated heterocycles. The third-order valence-electron chi connectivity index (χ3n) is 3.36. The number of nitrogens with zero attached hydrogens (tertiary/aromatic N) is 1. The van der Waals surface area contributed by atoms with E-state index in [1.807, 2.05) is 25.1 Å². The normalized spacial score (nSPS) is 10.3. The molecule has 0 radical (unpaired) electrons. The molecule has 0 saturated carbocycles. The number of halogens is 2. The molecule has 2 rings (SSSR count). The summed E-state index contributed by atoms with van der Waals surface area (Å²) < 4.78 is 18.7. The van der Waals surface area contributed by atoms with Crippen LogP contribution in [0.15, 0.2) is 42.5 Å². The van der Waals surface area contributed by atoms with Crippen molar-refractivity contribution in [1.82, 2.24) is 0 Å². The molecular formula is C18H20ClFN2O2. The predicted octanol–water partition coefficient (Wildman–Crippen LogP) is 4.34. The molecule has 0 aromatic heterocycles. The van der Waals surface area contributed by atoms with Gasteiger partial charge in [0.2, 0.25) is 5.91 Å². The van der Waals surface area contributed by atoms with Gasteiger partial charge in [0, 0.05) is 26.2 Å². The smallest absolute Gasteiger partial charge is 0.224 e. The monoisotopic (exact) mass is 350 g/mol. The minimum absolute atomic E-state index is 0.138. The third-order valence-corrected chi connectivity index (χ3v) is 3.66. The average Bonchev–Trinajstić information content (AvgIpc) is 2.53. The zero-order valence-electron chi connectivity index (χ0n) is 13.7. The lowest BCUT2D eigenvalue weighted by atomic mass is 10.2. The van der Waals surface area contributed by atoms with Gasteiger partial charge in [-0.3, -0.25) is 4.79 Å². The van der Waals surface area contributed by atoms with Crippen molar-refractivity contribution in [3.8, 4) is 5.75 Å². The van der Waals surface area contributed by atoms with E-state index in [1.54, 1.807) is 30.3 Å². The molecule has 24 heavy (non-hydrogen) atoms. The number of carbonyl (C=O) groups is 1. The summed E-state index contributed by atoms with van der Waals surface area (Å²) in [5, 5.41) is 3.36. The van der Waals surface area contributed by atoms with E-state index >= 15 is 0 Å². The topological polar surface area (TPSA) is 41.6 Å². The Morgan fingerprint density at radius 3 is 2.67 bits per heavy atom. The molecule has 1 N–H and O–H groups in total. The van der Waals surface area contributed by atoms with E-state index in [-0.39, 0.29) is 24.7 Å². The zero-order valence-corrected chi connectivity index (χ0v) is 14.4. The molecule has 0 unspecified atom stereocenters. The van der Waals surface area contributed by atoms with E-state index in [4.69, 9.17) is 16.3 Å². The summed E-state index contributed by atoms with van der Waals surface area (Å²) in [6.07, 6.45) is 0.769. The van der Waals surface area contributed by atoms with Gasteiger partial charge >= 0.3 is 0 Å².